The maximum Gasteiger partial charge on any atom is 0.256 e. The van der Waals surface area contributed by atoms with Crippen LogP contribution in [0.1, 0.15) is 66.3 Å². The van der Waals surface area contributed by atoms with Crippen molar-refractivity contribution < 1.29 is 14.7 Å². The topological polar surface area (TPSA) is 103 Å². The Hall–Kier alpha value is -3.46. The Bertz CT molecular complexity index is 1310. The molecule has 0 bridgehead atoms. The van der Waals surface area contributed by atoms with Crippen molar-refractivity contribution in [2.75, 3.05) is 29.9 Å². The van der Waals surface area contributed by atoms with Crippen LogP contribution in [-0.2, 0) is 4.79 Å². The molecule has 9 nitrogen and oxygen atoms in total. The Kier molecular flexibility index (Phi) is 6.42. The molecule has 2 amide bonds. The van der Waals surface area contributed by atoms with E-state index < -0.39 is 0 Å². The Labute approximate surface area is 211 Å². The average molecular weight is 491 g/mol. The molecule has 9 heteroatoms. The van der Waals surface area contributed by atoms with Crippen molar-refractivity contribution in [3.05, 3.63) is 52.8 Å². The zero-order valence-corrected chi connectivity index (χ0v) is 21.4. The van der Waals surface area contributed by atoms with Crippen molar-refractivity contribution in [3.63, 3.8) is 0 Å². The number of β-amino-alcohol motifs (C(OH)–C–C–N with tert-alkyl or cyclic N) is 1. The van der Waals surface area contributed by atoms with Crippen molar-refractivity contribution in [1.82, 2.24) is 19.5 Å². The molecule has 2 N–H and O–H groups in total. The third-order valence-electron chi connectivity index (χ3n) is 7.32. The molecule has 190 valence electrons. The van der Waals surface area contributed by atoms with Crippen molar-refractivity contribution >= 4 is 29.0 Å². The van der Waals surface area contributed by atoms with E-state index in [0.29, 0.717) is 24.3 Å². The van der Waals surface area contributed by atoms with E-state index in [1.807, 2.05) is 43.1 Å². The quantitative estimate of drug-likeness (QED) is 0.580. The van der Waals surface area contributed by atoms with Crippen LogP contribution < -0.4 is 10.2 Å². The summed E-state index contributed by atoms with van der Waals surface area (Å²) in [4.78, 5) is 34.5. The summed E-state index contributed by atoms with van der Waals surface area (Å²) in [7, 11) is 0. The third-order valence-corrected chi connectivity index (χ3v) is 7.32. The Morgan fingerprint density at radius 2 is 1.94 bits per heavy atom. The summed E-state index contributed by atoms with van der Waals surface area (Å²) in [5.41, 5.74) is 4.53. The summed E-state index contributed by atoms with van der Waals surface area (Å²) >= 11 is 0. The molecule has 2 aliphatic heterocycles. The second kappa shape index (κ2) is 9.54. The van der Waals surface area contributed by atoms with Crippen molar-refractivity contribution in [1.29, 1.82) is 0 Å². The van der Waals surface area contributed by atoms with Gasteiger partial charge >= 0.3 is 0 Å². The normalized spacial score (nSPS) is 22.3. The minimum absolute atomic E-state index is 0.103. The molecule has 3 atom stereocenters. The van der Waals surface area contributed by atoms with Gasteiger partial charge in [-0.3, -0.25) is 9.59 Å². The van der Waals surface area contributed by atoms with Gasteiger partial charge in [0.25, 0.3) is 5.91 Å². The molecule has 2 aromatic heterocycles. The summed E-state index contributed by atoms with van der Waals surface area (Å²) < 4.78 is 1.79. The fourth-order valence-electron chi connectivity index (χ4n) is 5.40. The number of hydrogen-bond donors (Lipinski definition) is 2. The lowest BCUT2D eigenvalue weighted by atomic mass is 9.97. The van der Waals surface area contributed by atoms with Crippen LogP contribution >= 0.6 is 0 Å². The van der Waals surface area contributed by atoms with E-state index in [9.17, 15) is 14.7 Å². The second-order valence-electron chi connectivity index (χ2n) is 10.3. The number of rotatable bonds is 4. The lowest BCUT2D eigenvalue weighted by Gasteiger charge is -2.35. The number of aliphatic hydroxyl groups excluding tert-OH is 1. The third kappa shape index (κ3) is 4.55. The van der Waals surface area contributed by atoms with Crippen LogP contribution in [0.25, 0.3) is 5.65 Å². The Morgan fingerprint density at radius 1 is 1.14 bits per heavy atom. The van der Waals surface area contributed by atoms with Gasteiger partial charge in [0.05, 0.1) is 29.1 Å². The molecule has 2 saturated heterocycles. The molecule has 0 radical (unpaired) electrons. The van der Waals surface area contributed by atoms with E-state index in [-0.39, 0.29) is 29.9 Å². The number of carbonyl (C=O) groups is 2. The van der Waals surface area contributed by atoms with Gasteiger partial charge < -0.3 is 20.2 Å². The van der Waals surface area contributed by atoms with Gasteiger partial charge in [0.15, 0.2) is 5.65 Å². The summed E-state index contributed by atoms with van der Waals surface area (Å²) in [5.74, 6) is 0.761. The van der Waals surface area contributed by atoms with Crippen LogP contribution in [0.4, 0.5) is 11.5 Å². The van der Waals surface area contributed by atoms with Crippen molar-refractivity contribution in [2.45, 2.75) is 59.1 Å². The fourth-order valence-corrected chi connectivity index (χ4v) is 5.40. The smallest absolute Gasteiger partial charge is 0.256 e. The molecule has 4 heterocycles. The number of nitrogens with zero attached hydrogens (tertiary/aromatic N) is 5. The molecule has 0 spiro atoms. The van der Waals surface area contributed by atoms with E-state index in [1.54, 1.807) is 10.6 Å². The van der Waals surface area contributed by atoms with Gasteiger partial charge in [0.2, 0.25) is 5.91 Å². The second-order valence-corrected chi connectivity index (χ2v) is 10.3. The zero-order valence-electron chi connectivity index (χ0n) is 21.4. The van der Waals surface area contributed by atoms with Gasteiger partial charge in [-0.2, -0.15) is 5.10 Å². The summed E-state index contributed by atoms with van der Waals surface area (Å²) in [6, 6.07) is 7.32. The van der Waals surface area contributed by atoms with E-state index in [0.717, 1.165) is 54.1 Å². The molecule has 0 unspecified atom stereocenters. The molecule has 1 aromatic carbocycles. The van der Waals surface area contributed by atoms with Gasteiger partial charge in [-0.25, -0.2) is 9.50 Å². The largest absolute Gasteiger partial charge is 0.391 e. The lowest BCUT2D eigenvalue weighted by Crippen LogP contribution is -2.39. The van der Waals surface area contributed by atoms with E-state index in [4.69, 9.17) is 10.1 Å². The summed E-state index contributed by atoms with van der Waals surface area (Å²) in [6.07, 6.45) is 4.37. The number of benzene rings is 1. The van der Waals surface area contributed by atoms with Gasteiger partial charge in [0, 0.05) is 50.3 Å². The lowest BCUT2D eigenvalue weighted by molar-refractivity contribution is -0.114. The molecule has 36 heavy (non-hydrogen) atoms. The predicted molar refractivity (Wildman–Crippen MR) is 138 cm³/mol. The molecule has 0 saturated carbocycles. The Morgan fingerprint density at radius 3 is 2.67 bits per heavy atom. The number of hydrogen-bond acceptors (Lipinski definition) is 6. The molecular weight excluding hydrogens is 456 g/mol. The minimum Gasteiger partial charge on any atom is -0.391 e. The average Bonchev–Trinajstić information content (AvgIpc) is 3.41. The first-order valence-corrected chi connectivity index (χ1v) is 12.7. The maximum absolute atomic E-state index is 13.8. The molecule has 5 rings (SSSR count). The van der Waals surface area contributed by atoms with Gasteiger partial charge in [0.1, 0.15) is 5.82 Å². The number of amides is 2. The van der Waals surface area contributed by atoms with Gasteiger partial charge in [-0.05, 0) is 45.2 Å². The first kappa shape index (κ1) is 24.2. The van der Waals surface area contributed by atoms with Crippen LogP contribution in [-0.4, -0.2) is 62.2 Å². The highest BCUT2D eigenvalue weighted by molar-refractivity contribution is 6.03. The number of fused-ring (bicyclic) bond motifs is 1. The molecule has 3 aromatic rings. The fraction of sp³-hybridized carbons (Fsp3) is 0.481. The van der Waals surface area contributed by atoms with Gasteiger partial charge in [-0.15, -0.1) is 0 Å². The first-order chi connectivity index (χ1) is 17.2. The van der Waals surface area contributed by atoms with E-state index in [2.05, 4.69) is 17.1 Å². The SMILES string of the molecule is CC(=O)Nc1ccc(C)cc1C(=O)N1CCCC[C@H]1c1cc2nc(N3C[C@@H](C)[C@@H](O)C3)c(C)cn2n1. The highest BCUT2D eigenvalue weighted by atomic mass is 16.3. The molecular formula is C27H34N6O3. The van der Waals surface area contributed by atoms with E-state index in [1.165, 1.54) is 6.92 Å². The summed E-state index contributed by atoms with van der Waals surface area (Å²) in [6.45, 7) is 9.42. The monoisotopic (exact) mass is 490 g/mol. The van der Waals surface area contributed by atoms with Gasteiger partial charge in [-0.1, -0.05) is 18.6 Å². The highest BCUT2D eigenvalue weighted by Crippen LogP contribution is 2.34. The predicted octanol–water partition coefficient (Wildman–Crippen LogP) is 3.49. The first-order valence-electron chi connectivity index (χ1n) is 12.7. The van der Waals surface area contributed by atoms with Crippen LogP contribution in [0.3, 0.4) is 0 Å². The standard InChI is InChI=1S/C27H34N6O3/c1-16-8-9-21(28-19(4)34)20(11-16)27(36)32-10-6-5-7-23(32)22-12-25-29-26(18(3)14-33(25)30-22)31-13-17(2)24(35)15-31/h8-9,11-12,14,17,23-24,35H,5-7,10,13,15H2,1-4H3,(H,28,34)/t17-,23+,24+/m1/s1. The minimum atomic E-state index is -0.353. The summed E-state index contributed by atoms with van der Waals surface area (Å²) in [5, 5.41) is 17.9. The maximum atomic E-state index is 13.8. The molecule has 2 aliphatic rings. The van der Waals surface area contributed by atoms with Crippen LogP contribution in [0.2, 0.25) is 0 Å². The molecule has 0 aliphatic carbocycles. The number of anilines is 2. The highest BCUT2D eigenvalue weighted by Gasteiger charge is 2.33. The number of piperidine rings is 1. The number of likely N-dealkylation sites (tertiary alicyclic amines) is 1. The van der Waals surface area contributed by atoms with Crippen LogP contribution in [0.15, 0.2) is 30.5 Å². The Balaban J connectivity index is 1.48. The number of aryl methyl sites for hydroxylation is 2. The van der Waals surface area contributed by atoms with Crippen molar-refractivity contribution in [2.24, 2.45) is 5.92 Å². The zero-order chi connectivity index (χ0) is 25.6. The molecule has 2 fully saturated rings. The van der Waals surface area contributed by atoms with Crippen LogP contribution in [0.5, 0.6) is 0 Å². The number of carbonyl (C=O) groups excluding carboxylic acids is 2. The van der Waals surface area contributed by atoms with E-state index >= 15 is 0 Å². The number of aromatic nitrogens is 3. The van der Waals surface area contributed by atoms with Crippen LogP contribution in [0, 0.1) is 19.8 Å². The number of aliphatic hydroxyl groups is 1. The number of nitrogens with one attached hydrogen (secondary N) is 1. The van der Waals surface area contributed by atoms with Crippen molar-refractivity contribution in [3.8, 4) is 0 Å².